The molecule has 0 aliphatic carbocycles. The third kappa shape index (κ3) is 3.69. The topological polar surface area (TPSA) is 58.6 Å². The van der Waals surface area contributed by atoms with Crippen LogP contribution in [0.25, 0.3) is 0 Å². The highest BCUT2D eigenvalue weighted by atomic mass is 16.5. The van der Waals surface area contributed by atoms with Gasteiger partial charge in [-0.1, -0.05) is 27.7 Å². The van der Waals surface area contributed by atoms with Crippen LogP contribution in [-0.2, 0) is 14.3 Å². The molecule has 0 aromatic carbocycles. The van der Waals surface area contributed by atoms with Crippen molar-refractivity contribution in [3.63, 3.8) is 0 Å². The Kier molecular flexibility index (Phi) is 5.79. The van der Waals surface area contributed by atoms with Crippen molar-refractivity contribution in [3.8, 4) is 0 Å². The van der Waals surface area contributed by atoms with Crippen molar-refractivity contribution in [2.45, 2.75) is 46.7 Å². The lowest BCUT2D eigenvalue weighted by atomic mass is 9.93. The minimum Gasteiger partial charge on any atom is -0.380 e. The highest BCUT2D eigenvalue weighted by Gasteiger charge is 2.42. The van der Waals surface area contributed by atoms with Crippen LogP contribution in [0.4, 0.5) is 0 Å². The Bertz CT molecular complexity index is 329. The lowest BCUT2D eigenvalue weighted by Crippen LogP contribution is -2.66. The summed E-state index contributed by atoms with van der Waals surface area (Å²) >= 11 is 0. The molecule has 0 saturated carbocycles. The number of carbonyl (C=O) groups is 2. The van der Waals surface area contributed by atoms with E-state index in [1.54, 1.807) is 4.90 Å². The Balaban J connectivity index is 2.87. The van der Waals surface area contributed by atoms with Crippen LogP contribution in [0.3, 0.4) is 0 Å². The van der Waals surface area contributed by atoms with Gasteiger partial charge in [0, 0.05) is 13.2 Å². The van der Waals surface area contributed by atoms with E-state index in [9.17, 15) is 9.59 Å². The average Bonchev–Trinajstić information content (AvgIpc) is 2.32. The highest BCUT2D eigenvalue weighted by Crippen LogP contribution is 2.20. The van der Waals surface area contributed by atoms with Crippen molar-refractivity contribution in [3.05, 3.63) is 0 Å². The van der Waals surface area contributed by atoms with Crippen molar-refractivity contribution in [1.29, 1.82) is 0 Å². The maximum atomic E-state index is 12.5. The molecule has 0 aromatic heterocycles. The number of nitrogens with one attached hydrogen (secondary N) is 1. The molecule has 2 unspecified atom stereocenters. The van der Waals surface area contributed by atoms with E-state index >= 15 is 0 Å². The second-order valence-corrected chi connectivity index (χ2v) is 5.65. The number of amides is 2. The lowest BCUT2D eigenvalue weighted by Gasteiger charge is -2.42. The Morgan fingerprint density at radius 2 is 1.84 bits per heavy atom. The second kappa shape index (κ2) is 6.89. The number of piperazine rings is 1. The quantitative estimate of drug-likeness (QED) is 0.733. The summed E-state index contributed by atoms with van der Waals surface area (Å²) in [4.78, 5) is 26.4. The molecule has 0 bridgehead atoms. The molecule has 1 N–H and O–H groups in total. The minimum atomic E-state index is -0.413. The molecule has 0 aromatic rings. The summed E-state index contributed by atoms with van der Waals surface area (Å²) in [7, 11) is 0. The van der Waals surface area contributed by atoms with Crippen molar-refractivity contribution >= 4 is 11.8 Å². The van der Waals surface area contributed by atoms with Crippen molar-refractivity contribution < 1.29 is 14.3 Å². The molecule has 19 heavy (non-hydrogen) atoms. The van der Waals surface area contributed by atoms with E-state index in [0.29, 0.717) is 19.8 Å². The van der Waals surface area contributed by atoms with Crippen LogP contribution >= 0.6 is 0 Å². The zero-order valence-electron chi connectivity index (χ0n) is 12.6. The van der Waals surface area contributed by atoms with E-state index in [0.717, 1.165) is 0 Å². The van der Waals surface area contributed by atoms with Crippen LogP contribution < -0.4 is 5.32 Å². The molecule has 1 heterocycles. The first-order valence-electron chi connectivity index (χ1n) is 7.08. The molecule has 1 aliphatic rings. The monoisotopic (exact) mass is 270 g/mol. The third-order valence-corrected chi connectivity index (χ3v) is 3.43. The van der Waals surface area contributed by atoms with Gasteiger partial charge in [0.25, 0.3) is 0 Å². The van der Waals surface area contributed by atoms with E-state index in [1.165, 1.54) is 0 Å². The van der Waals surface area contributed by atoms with Crippen LogP contribution in [0.1, 0.15) is 34.6 Å². The summed E-state index contributed by atoms with van der Waals surface area (Å²) in [6, 6.07) is -0.799. The fraction of sp³-hybridized carbons (Fsp3) is 0.857. The van der Waals surface area contributed by atoms with E-state index < -0.39 is 6.04 Å². The van der Waals surface area contributed by atoms with Gasteiger partial charge in [-0.05, 0) is 18.8 Å². The molecule has 1 fully saturated rings. The SMILES string of the molecule is CCOCCN1C(=O)C(C(C)C)NC(=O)C1C(C)C. The number of hydrogen-bond acceptors (Lipinski definition) is 3. The van der Waals surface area contributed by atoms with E-state index in [-0.39, 0.29) is 29.7 Å². The molecule has 0 radical (unpaired) electrons. The van der Waals surface area contributed by atoms with Gasteiger partial charge in [-0.25, -0.2) is 0 Å². The molecular weight excluding hydrogens is 244 g/mol. The second-order valence-electron chi connectivity index (χ2n) is 5.65. The zero-order chi connectivity index (χ0) is 14.6. The third-order valence-electron chi connectivity index (χ3n) is 3.43. The van der Waals surface area contributed by atoms with Gasteiger partial charge in [0.2, 0.25) is 11.8 Å². The Labute approximate surface area is 115 Å². The normalized spacial score (nSPS) is 24.3. The first-order valence-corrected chi connectivity index (χ1v) is 7.08. The predicted molar refractivity (Wildman–Crippen MR) is 73.6 cm³/mol. The van der Waals surface area contributed by atoms with Crippen LogP contribution in [0, 0.1) is 11.8 Å². The number of carbonyl (C=O) groups excluding carboxylic acids is 2. The van der Waals surface area contributed by atoms with Crippen LogP contribution in [0.5, 0.6) is 0 Å². The van der Waals surface area contributed by atoms with Crippen LogP contribution in [0.2, 0.25) is 0 Å². The molecule has 0 spiro atoms. The minimum absolute atomic E-state index is 0.00741. The number of nitrogens with zero attached hydrogens (tertiary/aromatic N) is 1. The number of ether oxygens (including phenoxy) is 1. The van der Waals surface area contributed by atoms with Gasteiger partial charge in [-0.3, -0.25) is 9.59 Å². The van der Waals surface area contributed by atoms with Crippen molar-refractivity contribution in [2.75, 3.05) is 19.8 Å². The van der Waals surface area contributed by atoms with Gasteiger partial charge in [0.15, 0.2) is 0 Å². The highest BCUT2D eigenvalue weighted by molar-refractivity contribution is 5.97. The van der Waals surface area contributed by atoms with E-state index in [1.807, 2.05) is 34.6 Å². The zero-order valence-corrected chi connectivity index (χ0v) is 12.6. The van der Waals surface area contributed by atoms with Gasteiger partial charge in [0.1, 0.15) is 12.1 Å². The van der Waals surface area contributed by atoms with Gasteiger partial charge in [0.05, 0.1) is 6.61 Å². The first-order chi connectivity index (χ1) is 8.90. The Hall–Kier alpha value is -1.10. The van der Waals surface area contributed by atoms with E-state index in [4.69, 9.17) is 4.74 Å². The molecule has 1 aliphatic heterocycles. The molecule has 110 valence electrons. The van der Waals surface area contributed by atoms with Crippen LogP contribution in [-0.4, -0.2) is 48.6 Å². The van der Waals surface area contributed by atoms with E-state index in [2.05, 4.69) is 5.32 Å². The maximum absolute atomic E-state index is 12.5. The lowest BCUT2D eigenvalue weighted by molar-refractivity contribution is -0.153. The molecule has 2 amide bonds. The van der Waals surface area contributed by atoms with Gasteiger partial charge in [-0.15, -0.1) is 0 Å². The summed E-state index contributed by atoms with van der Waals surface area (Å²) in [5.41, 5.74) is 0. The predicted octanol–water partition coefficient (Wildman–Crippen LogP) is 1.03. The van der Waals surface area contributed by atoms with Crippen LogP contribution in [0.15, 0.2) is 0 Å². The molecule has 1 saturated heterocycles. The van der Waals surface area contributed by atoms with Gasteiger partial charge >= 0.3 is 0 Å². The summed E-state index contributed by atoms with van der Waals surface area (Å²) in [6.07, 6.45) is 0. The summed E-state index contributed by atoms with van der Waals surface area (Å²) in [6.45, 7) is 11.3. The Morgan fingerprint density at radius 1 is 1.21 bits per heavy atom. The molecule has 5 nitrogen and oxygen atoms in total. The van der Waals surface area contributed by atoms with Gasteiger partial charge in [-0.2, -0.15) is 0 Å². The smallest absolute Gasteiger partial charge is 0.246 e. The Morgan fingerprint density at radius 3 is 2.32 bits per heavy atom. The average molecular weight is 270 g/mol. The molecule has 5 heteroatoms. The molecule has 1 rings (SSSR count). The maximum Gasteiger partial charge on any atom is 0.246 e. The fourth-order valence-electron chi connectivity index (χ4n) is 2.43. The summed E-state index contributed by atoms with van der Waals surface area (Å²) in [5.74, 6) is 0.149. The van der Waals surface area contributed by atoms with Crippen molar-refractivity contribution in [1.82, 2.24) is 10.2 Å². The van der Waals surface area contributed by atoms with Gasteiger partial charge < -0.3 is 15.0 Å². The van der Waals surface area contributed by atoms with Crippen molar-refractivity contribution in [2.24, 2.45) is 11.8 Å². The summed E-state index contributed by atoms with van der Waals surface area (Å²) < 4.78 is 5.32. The number of rotatable bonds is 6. The largest absolute Gasteiger partial charge is 0.380 e. The molecular formula is C14H26N2O3. The first kappa shape index (κ1) is 16.0. The number of hydrogen-bond donors (Lipinski definition) is 1. The summed E-state index contributed by atoms with van der Waals surface area (Å²) in [5, 5.41) is 2.85. The molecule has 2 atom stereocenters. The standard InChI is InChI=1S/C14H26N2O3/c1-6-19-8-7-16-12(10(4)5)13(17)15-11(9(2)3)14(16)18/h9-12H,6-8H2,1-5H3,(H,15,17). The fourth-order valence-corrected chi connectivity index (χ4v) is 2.43.